The monoisotopic (exact) mass is 304 g/mol. The summed E-state index contributed by atoms with van der Waals surface area (Å²) >= 11 is 5.23. The molecule has 2 aromatic rings. The van der Waals surface area contributed by atoms with E-state index in [4.69, 9.17) is 17.0 Å². The highest BCUT2D eigenvalue weighted by molar-refractivity contribution is 7.80. The maximum absolute atomic E-state index is 5.23. The Labute approximate surface area is 130 Å². The van der Waals surface area contributed by atoms with Gasteiger partial charge in [-0.1, -0.05) is 12.1 Å². The lowest BCUT2D eigenvalue weighted by atomic mass is 10.2. The first-order valence-electron chi connectivity index (χ1n) is 6.88. The minimum Gasteiger partial charge on any atom is -0.385 e. The molecule has 0 spiro atoms. The van der Waals surface area contributed by atoms with E-state index in [1.165, 1.54) is 5.56 Å². The summed E-state index contributed by atoms with van der Waals surface area (Å²) in [7, 11) is 1.70. The number of methoxy groups -OCH3 is 1. The van der Waals surface area contributed by atoms with E-state index in [0.29, 0.717) is 5.11 Å². The van der Waals surface area contributed by atoms with Crippen LogP contribution in [0, 0.1) is 0 Å². The van der Waals surface area contributed by atoms with Gasteiger partial charge in [-0.15, -0.1) is 0 Å². The molecular weight excluding hydrogens is 284 g/mol. The minimum absolute atomic E-state index is 0.630. The van der Waals surface area contributed by atoms with Crippen molar-refractivity contribution in [2.45, 2.75) is 13.0 Å². The van der Waals surface area contributed by atoms with Gasteiger partial charge in [0, 0.05) is 38.3 Å². The Morgan fingerprint density at radius 2 is 2.14 bits per heavy atom. The molecule has 0 bridgehead atoms. The molecule has 0 fully saturated rings. The topological polar surface area (TPSA) is 51.1 Å². The highest BCUT2D eigenvalue weighted by atomic mass is 32.1. The SMILES string of the molecule is COCCCNC(=S)Nc1ccc(Cn2cccn2)cc1. The Morgan fingerprint density at radius 1 is 1.33 bits per heavy atom. The molecule has 0 atom stereocenters. The lowest BCUT2D eigenvalue weighted by Crippen LogP contribution is -2.29. The Bertz CT molecular complexity index is 539. The summed E-state index contributed by atoms with van der Waals surface area (Å²) in [5, 5.41) is 11.1. The standard InChI is InChI=1S/C15H20N4OS/c1-20-11-3-8-16-15(21)18-14-6-4-13(5-7-14)12-19-10-2-9-17-19/h2,4-7,9-10H,3,8,11-12H2,1H3,(H2,16,18,21). The van der Waals surface area contributed by atoms with Crippen molar-refractivity contribution < 1.29 is 4.74 Å². The third-order valence-corrected chi connectivity index (χ3v) is 3.17. The van der Waals surface area contributed by atoms with Gasteiger partial charge >= 0.3 is 0 Å². The normalized spacial score (nSPS) is 10.3. The number of nitrogens with one attached hydrogen (secondary N) is 2. The molecule has 0 radical (unpaired) electrons. The van der Waals surface area contributed by atoms with Crippen molar-refractivity contribution in [3.8, 4) is 0 Å². The van der Waals surface area contributed by atoms with Crippen LogP contribution in [0.15, 0.2) is 42.7 Å². The number of thiocarbonyl (C=S) groups is 1. The number of hydrogen-bond acceptors (Lipinski definition) is 3. The van der Waals surface area contributed by atoms with Gasteiger partial charge in [0.2, 0.25) is 0 Å². The molecule has 0 amide bonds. The molecule has 112 valence electrons. The lowest BCUT2D eigenvalue weighted by molar-refractivity contribution is 0.196. The molecule has 0 aliphatic heterocycles. The molecular formula is C15H20N4OS. The molecule has 1 heterocycles. The molecule has 0 saturated heterocycles. The summed E-state index contributed by atoms with van der Waals surface area (Å²) in [6.07, 6.45) is 4.66. The zero-order chi connectivity index (χ0) is 14.9. The van der Waals surface area contributed by atoms with Crippen LogP contribution in [0.3, 0.4) is 0 Å². The maximum atomic E-state index is 5.23. The van der Waals surface area contributed by atoms with Crippen LogP contribution >= 0.6 is 12.2 Å². The van der Waals surface area contributed by atoms with E-state index in [9.17, 15) is 0 Å². The fourth-order valence-electron chi connectivity index (χ4n) is 1.87. The van der Waals surface area contributed by atoms with Crippen LogP contribution < -0.4 is 10.6 Å². The zero-order valence-corrected chi connectivity index (χ0v) is 12.9. The number of ether oxygens (including phenoxy) is 1. The van der Waals surface area contributed by atoms with E-state index in [1.54, 1.807) is 13.3 Å². The van der Waals surface area contributed by atoms with E-state index in [-0.39, 0.29) is 0 Å². The summed E-state index contributed by atoms with van der Waals surface area (Å²) < 4.78 is 6.88. The van der Waals surface area contributed by atoms with Crippen LogP contribution in [0.5, 0.6) is 0 Å². The Balaban J connectivity index is 1.78. The number of aromatic nitrogens is 2. The van der Waals surface area contributed by atoms with E-state index < -0.39 is 0 Å². The Morgan fingerprint density at radius 3 is 2.81 bits per heavy atom. The highest BCUT2D eigenvalue weighted by Crippen LogP contribution is 2.10. The van der Waals surface area contributed by atoms with Gasteiger partial charge in [0.1, 0.15) is 0 Å². The van der Waals surface area contributed by atoms with Crippen LogP contribution in [0.1, 0.15) is 12.0 Å². The van der Waals surface area contributed by atoms with Crippen molar-refractivity contribution in [1.29, 1.82) is 0 Å². The van der Waals surface area contributed by atoms with Gasteiger partial charge in [0.25, 0.3) is 0 Å². The van der Waals surface area contributed by atoms with Gasteiger partial charge in [-0.3, -0.25) is 4.68 Å². The van der Waals surface area contributed by atoms with Crippen molar-refractivity contribution in [3.63, 3.8) is 0 Å². The number of rotatable bonds is 7. The minimum atomic E-state index is 0.630. The van der Waals surface area contributed by atoms with Gasteiger partial charge in [-0.2, -0.15) is 5.10 Å². The molecule has 6 heteroatoms. The average molecular weight is 304 g/mol. The molecule has 2 N–H and O–H groups in total. The largest absolute Gasteiger partial charge is 0.385 e. The molecule has 0 saturated carbocycles. The zero-order valence-electron chi connectivity index (χ0n) is 12.1. The van der Waals surface area contributed by atoms with Gasteiger partial charge in [0.05, 0.1) is 6.54 Å². The highest BCUT2D eigenvalue weighted by Gasteiger charge is 1.99. The third-order valence-electron chi connectivity index (χ3n) is 2.93. The van der Waals surface area contributed by atoms with Gasteiger partial charge in [-0.05, 0) is 42.4 Å². The summed E-state index contributed by atoms with van der Waals surface area (Å²) in [5.74, 6) is 0. The molecule has 0 unspecified atom stereocenters. The Kier molecular flexibility index (Phi) is 6.18. The summed E-state index contributed by atoms with van der Waals surface area (Å²) in [6, 6.07) is 10.1. The second kappa shape index (κ2) is 8.39. The quantitative estimate of drug-likeness (QED) is 0.607. The lowest BCUT2D eigenvalue weighted by Gasteiger charge is -2.11. The first-order chi connectivity index (χ1) is 10.3. The molecule has 0 aliphatic carbocycles. The van der Waals surface area contributed by atoms with Crippen molar-refractivity contribution >= 4 is 23.0 Å². The second-order valence-corrected chi connectivity index (χ2v) is 5.04. The summed E-state index contributed by atoms with van der Waals surface area (Å²) in [4.78, 5) is 0. The van der Waals surface area contributed by atoms with E-state index in [2.05, 4.69) is 27.9 Å². The molecule has 1 aromatic heterocycles. The van der Waals surface area contributed by atoms with Crippen LogP contribution in [0.4, 0.5) is 5.69 Å². The molecule has 1 aromatic carbocycles. The number of hydrogen-bond donors (Lipinski definition) is 2. The fraction of sp³-hybridized carbons (Fsp3) is 0.333. The first-order valence-corrected chi connectivity index (χ1v) is 7.29. The summed E-state index contributed by atoms with van der Waals surface area (Å²) in [5.41, 5.74) is 2.17. The van der Waals surface area contributed by atoms with Crippen molar-refractivity contribution in [3.05, 3.63) is 48.3 Å². The number of nitrogens with zero attached hydrogens (tertiary/aromatic N) is 2. The summed E-state index contributed by atoms with van der Waals surface area (Å²) in [6.45, 7) is 2.31. The van der Waals surface area contributed by atoms with Crippen molar-refractivity contribution in [1.82, 2.24) is 15.1 Å². The first kappa shape index (κ1) is 15.5. The molecule has 21 heavy (non-hydrogen) atoms. The average Bonchev–Trinajstić information content (AvgIpc) is 2.99. The van der Waals surface area contributed by atoms with Gasteiger partial charge in [-0.25, -0.2) is 0 Å². The van der Waals surface area contributed by atoms with E-state index in [1.807, 2.05) is 29.1 Å². The predicted octanol–water partition coefficient (Wildman–Crippen LogP) is 2.25. The third kappa shape index (κ3) is 5.53. The molecule has 0 aliphatic rings. The smallest absolute Gasteiger partial charge is 0.170 e. The van der Waals surface area contributed by atoms with Crippen LogP contribution in [0.25, 0.3) is 0 Å². The Hall–Kier alpha value is -1.92. The van der Waals surface area contributed by atoms with E-state index in [0.717, 1.165) is 31.8 Å². The second-order valence-electron chi connectivity index (χ2n) is 4.63. The van der Waals surface area contributed by atoms with Crippen molar-refractivity contribution in [2.75, 3.05) is 25.6 Å². The van der Waals surface area contributed by atoms with Crippen LogP contribution in [-0.2, 0) is 11.3 Å². The maximum Gasteiger partial charge on any atom is 0.170 e. The molecule has 5 nitrogen and oxygen atoms in total. The van der Waals surface area contributed by atoms with Gasteiger partial charge < -0.3 is 15.4 Å². The number of benzene rings is 1. The predicted molar refractivity (Wildman–Crippen MR) is 88.5 cm³/mol. The molecule has 2 rings (SSSR count). The fourth-order valence-corrected chi connectivity index (χ4v) is 2.09. The number of anilines is 1. The van der Waals surface area contributed by atoms with Gasteiger partial charge in [0.15, 0.2) is 5.11 Å². The van der Waals surface area contributed by atoms with Crippen molar-refractivity contribution in [2.24, 2.45) is 0 Å². The van der Waals surface area contributed by atoms with Crippen LogP contribution in [0.2, 0.25) is 0 Å². The van der Waals surface area contributed by atoms with Crippen LogP contribution in [-0.4, -0.2) is 35.2 Å². The van der Waals surface area contributed by atoms with E-state index >= 15 is 0 Å².